The van der Waals surface area contributed by atoms with E-state index in [1.54, 1.807) is 0 Å². The van der Waals surface area contributed by atoms with Crippen molar-refractivity contribution < 1.29 is 0 Å². The first kappa shape index (κ1) is 37.6. The summed E-state index contributed by atoms with van der Waals surface area (Å²) in [6.07, 6.45) is 2.12. The van der Waals surface area contributed by atoms with Gasteiger partial charge in [0.05, 0.1) is 15.7 Å². The van der Waals surface area contributed by atoms with Crippen molar-refractivity contribution in [3.8, 4) is 0 Å². The normalized spacial score (nSPS) is 29.4. The minimum absolute atomic E-state index is 0.0521. The predicted molar refractivity (Wildman–Crippen MR) is 194 cm³/mol. The summed E-state index contributed by atoms with van der Waals surface area (Å²) in [4.78, 5) is 0. The van der Waals surface area contributed by atoms with Crippen molar-refractivity contribution in [1.82, 2.24) is 0 Å². The summed E-state index contributed by atoms with van der Waals surface area (Å²) in [5.74, 6) is 0. The molecule has 0 aromatic carbocycles. The van der Waals surface area contributed by atoms with Crippen LogP contribution in [-0.2, 0) is 0 Å². The molecule has 0 N–H and O–H groups in total. The van der Waals surface area contributed by atoms with Crippen molar-refractivity contribution in [2.75, 3.05) is 0 Å². The van der Waals surface area contributed by atoms with Gasteiger partial charge in [0.2, 0.25) is 0 Å². The van der Waals surface area contributed by atoms with Crippen molar-refractivity contribution in [3.05, 3.63) is 0 Å². The molecule has 0 aliphatic heterocycles. The molecule has 0 fully saturated rings. The summed E-state index contributed by atoms with van der Waals surface area (Å²) in [5.41, 5.74) is 0. The molecule has 0 aromatic heterocycles. The fraction of sp³-hybridized carbons (Fsp3) is 1.00. The molecule has 17 unspecified atom stereocenters. The zero-order chi connectivity index (χ0) is 28.4. The molecule has 34 heavy (non-hydrogen) atoms. The van der Waals surface area contributed by atoms with Gasteiger partial charge in [-0.2, -0.15) is 0 Å². The summed E-state index contributed by atoms with van der Waals surface area (Å²) in [7, 11) is 40.0. The second-order valence-corrected chi connectivity index (χ2v) is 23.2. The lowest BCUT2D eigenvalue weighted by Gasteiger charge is -2.71. The van der Waals surface area contributed by atoms with E-state index < -0.39 is 15.8 Å². The molecule has 0 saturated heterocycles. The molecule has 0 aliphatic rings. The Labute approximate surface area is 236 Å². The van der Waals surface area contributed by atoms with Crippen LogP contribution in [0.4, 0.5) is 0 Å². The van der Waals surface area contributed by atoms with E-state index in [1.807, 2.05) is 0 Å². The first-order valence-corrected chi connectivity index (χ1v) is 16.8. The topological polar surface area (TPSA) is 0 Å². The Hall–Kier alpha value is 3.57. The van der Waals surface area contributed by atoms with E-state index in [0.717, 1.165) is 12.8 Å². The van der Waals surface area contributed by atoms with Crippen molar-refractivity contribution >= 4 is 89.6 Å². The molecule has 4 radical (unpaired) electrons. The fourth-order valence-electron chi connectivity index (χ4n) is 5.28. The zero-order valence-electron chi connectivity index (χ0n) is 24.2. The van der Waals surface area contributed by atoms with Crippen LogP contribution in [0.15, 0.2) is 0 Å². The highest BCUT2D eigenvalue weighted by Crippen LogP contribution is 2.73. The van der Waals surface area contributed by atoms with Gasteiger partial charge in [-0.3, -0.25) is 0 Å². The van der Waals surface area contributed by atoms with Crippen molar-refractivity contribution in [1.29, 1.82) is 0 Å². The van der Waals surface area contributed by atoms with Crippen LogP contribution >= 0.6 is 73.9 Å². The van der Waals surface area contributed by atoms with Crippen LogP contribution < -0.4 is 0 Å². The monoisotopic (exact) mass is 614 g/mol. The maximum atomic E-state index is 7.49. The maximum Gasteiger partial charge on any atom is 0.0767 e. The first-order chi connectivity index (χ1) is 14.3. The van der Waals surface area contributed by atoms with E-state index in [4.69, 9.17) is 15.7 Å². The molecular formula is C24H56B2P8. The Bertz CT molecular complexity index is 730. The molecule has 0 nitrogen and oxygen atoms in total. The second kappa shape index (κ2) is 10.8. The third-order valence-corrected chi connectivity index (χ3v) is 21.3. The van der Waals surface area contributed by atoms with Crippen LogP contribution in [0.3, 0.4) is 0 Å². The van der Waals surface area contributed by atoms with Gasteiger partial charge in [-0.15, -0.1) is 73.9 Å². The smallest absolute Gasteiger partial charge is 0.0767 e. The molecule has 0 heterocycles. The molecule has 198 valence electrons. The molecule has 0 spiro atoms. The molecule has 0 aliphatic carbocycles. The Kier molecular flexibility index (Phi) is 11.9. The van der Waals surface area contributed by atoms with Gasteiger partial charge in [-0.1, -0.05) is 94.8 Å². The van der Waals surface area contributed by atoms with Gasteiger partial charge in [-0.05, 0) is 42.7 Å². The summed E-state index contributed by atoms with van der Waals surface area (Å²) in [6.45, 7) is 27.3. The molecular weight excluding hydrogens is 558 g/mol. The minimum Gasteiger partial charge on any atom is -0.132 e. The first-order valence-electron chi connectivity index (χ1n) is 12.2. The lowest BCUT2D eigenvalue weighted by Crippen LogP contribution is -2.72. The zero-order valence-corrected chi connectivity index (χ0v) is 33.4. The Morgan fingerprint density at radius 2 is 0.706 bits per heavy atom. The summed E-state index contributed by atoms with van der Waals surface area (Å²) < 4.78 is 0. The van der Waals surface area contributed by atoms with Crippen molar-refractivity contribution in [2.45, 2.75) is 148 Å². The SMILES string of the molecule is [B]C(C)(C(C)(P)CCC)C(C)(P)C(C)(P)C(C)(P)C(C)(P)C([B])(C)C(C)(P)C(C)(P)C(C)(C)P. The van der Waals surface area contributed by atoms with E-state index >= 15 is 0 Å². The second-order valence-electron chi connectivity index (χ2n) is 13.5. The molecule has 0 rings (SSSR count). The third kappa shape index (κ3) is 5.42. The van der Waals surface area contributed by atoms with Gasteiger partial charge in [0, 0.05) is 10.3 Å². The summed E-state index contributed by atoms with van der Waals surface area (Å²) in [5, 5.41) is -3.19. The van der Waals surface area contributed by atoms with E-state index in [2.05, 4.69) is 157 Å². The quantitative estimate of drug-likeness (QED) is 0.167. The van der Waals surface area contributed by atoms with Crippen LogP contribution in [0.25, 0.3) is 0 Å². The molecule has 0 saturated carbocycles. The van der Waals surface area contributed by atoms with Crippen LogP contribution in [0, 0.1) is 0 Å². The molecule has 0 bridgehead atoms. The van der Waals surface area contributed by atoms with Gasteiger partial charge in [-0.25, -0.2) is 0 Å². The number of hydrogen-bond donors (Lipinski definition) is 0. The molecule has 0 amide bonds. The highest BCUT2D eigenvalue weighted by Gasteiger charge is 2.67. The maximum absolute atomic E-state index is 7.49. The van der Waals surface area contributed by atoms with Gasteiger partial charge >= 0.3 is 0 Å². The number of rotatable bonds is 11. The summed E-state index contributed by atoms with van der Waals surface area (Å²) in [6, 6.07) is 0. The van der Waals surface area contributed by atoms with Gasteiger partial charge in [0.15, 0.2) is 0 Å². The Balaban J connectivity index is 7.01. The van der Waals surface area contributed by atoms with Crippen LogP contribution in [0.1, 0.15) is 95.9 Å². The molecule has 17 atom stereocenters. The largest absolute Gasteiger partial charge is 0.132 e. The van der Waals surface area contributed by atoms with Crippen LogP contribution in [-0.4, -0.2) is 56.9 Å². The predicted octanol–water partition coefficient (Wildman–Crippen LogP) is 7.57. The van der Waals surface area contributed by atoms with Crippen molar-refractivity contribution in [3.63, 3.8) is 0 Å². The van der Waals surface area contributed by atoms with E-state index in [0.29, 0.717) is 0 Å². The molecule has 10 heteroatoms. The van der Waals surface area contributed by atoms with Crippen LogP contribution in [0.5, 0.6) is 0 Å². The lowest BCUT2D eigenvalue weighted by atomic mass is 9.45. The van der Waals surface area contributed by atoms with Gasteiger partial charge < -0.3 is 0 Å². The third-order valence-electron chi connectivity index (χ3n) is 10.8. The fourth-order valence-corrected chi connectivity index (χ4v) is 10.4. The van der Waals surface area contributed by atoms with E-state index in [-0.39, 0.29) is 36.1 Å². The van der Waals surface area contributed by atoms with Crippen molar-refractivity contribution in [2.24, 2.45) is 0 Å². The average molecular weight is 614 g/mol. The Morgan fingerprint density at radius 3 is 0.971 bits per heavy atom. The highest BCUT2D eigenvalue weighted by molar-refractivity contribution is 7.31. The minimum atomic E-state index is -0.604. The summed E-state index contributed by atoms with van der Waals surface area (Å²) >= 11 is 0. The van der Waals surface area contributed by atoms with E-state index in [9.17, 15) is 0 Å². The van der Waals surface area contributed by atoms with E-state index in [1.165, 1.54) is 0 Å². The molecule has 0 aromatic rings. The standard InChI is InChI=1S/C24H56B2P8/c1-13-14-16(4,28)17(5,25)20(8,30)23(11,33)24(12,34)22(10,32)18(6,26)21(9,31)19(7,29)15(2,3)27/h13-14,27-34H2,1-12H3. The highest BCUT2D eigenvalue weighted by atomic mass is 31.0. The lowest BCUT2D eigenvalue weighted by molar-refractivity contribution is 0.195. The number of hydrogen-bond acceptors (Lipinski definition) is 0. The van der Waals surface area contributed by atoms with Gasteiger partial charge in [0.25, 0.3) is 0 Å². The van der Waals surface area contributed by atoms with Crippen LogP contribution in [0.2, 0.25) is 10.6 Å². The Morgan fingerprint density at radius 1 is 0.441 bits per heavy atom. The van der Waals surface area contributed by atoms with Gasteiger partial charge in [0.1, 0.15) is 0 Å². The average Bonchev–Trinajstić information content (AvgIpc) is 2.59.